The molecular weight excluding hydrogens is 230 g/mol. The van der Waals surface area contributed by atoms with Gasteiger partial charge in [-0.3, -0.25) is 5.32 Å². The molecule has 1 aromatic carbocycles. The first-order valence-electron chi connectivity index (χ1n) is 5.88. The SMILES string of the molecule is C[C@@H](NCC#CC(C)(C)C)c1ccccc1Cl. The fourth-order valence-electron chi connectivity index (χ4n) is 1.45. The minimum Gasteiger partial charge on any atom is -0.300 e. The number of hydrogen-bond donors (Lipinski definition) is 1. The van der Waals surface area contributed by atoms with Gasteiger partial charge in [-0.25, -0.2) is 0 Å². The van der Waals surface area contributed by atoms with Crippen LogP contribution in [0.1, 0.15) is 39.3 Å². The second kappa shape index (κ2) is 6.10. The zero-order chi connectivity index (χ0) is 12.9. The molecule has 0 spiro atoms. The Morgan fingerprint density at radius 3 is 2.53 bits per heavy atom. The molecule has 0 aliphatic heterocycles. The van der Waals surface area contributed by atoms with Crippen molar-refractivity contribution in [2.24, 2.45) is 5.41 Å². The van der Waals surface area contributed by atoms with E-state index in [1.54, 1.807) is 0 Å². The van der Waals surface area contributed by atoms with Crippen LogP contribution in [0.3, 0.4) is 0 Å². The molecule has 0 aliphatic rings. The van der Waals surface area contributed by atoms with Crippen LogP contribution in [0.15, 0.2) is 24.3 Å². The predicted octanol–water partition coefficient (Wildman–Crippen LogP) is 4.04. The second-order valence-electron chi connectivity index (χ2n) is 5.18. The molecule has 92 valence electrons. The Bertz CT molecular complexity index is 421. The summed E-state index contributed by atoms with van der Waals surface area (Å²) in [6.07, 6.45) is 0. The maximum Gasteiger partial charge on any atom is 0.0581 e. The molecular formula is C15H20ClN. The molecule has 0 aromatic heterocycles. The molecule has 0 bridgehead atoms. The van der Waals surface area contributed by atoms with E-state index < -0.39 is 0 Å². The van der Waals surface area contributed by atoms with Crippen LogP contribution in [0.4, 0.5) is 0 Å². The Hall–Kier alpha value is -0.970. The Morgan fingerprint density at radius 2 is 1.94 bits per heavy atom. The van der Waals surface area contributed by atoms with Crippen molar-refractivity contribution in [2.45, 2.75) is 33.7 Å². The van der Waals surface area contributed by atoms with Crippen molar-refractivity contribution in [1.82, 2.24) is 5.32 Å². The molecule has 0 fully saturated rings. The standard InChI is InChI=1S/C15H20ClN/c1-12(13-8-5-6-9-14(13)16)17-11-7-10-15(2,3)4/h5-6,8-9,12,17H,11H2,1-4H3/t12-/m1/s1. The average molecular weight is 250 g/mol. The number of rotatable bonds is 3. The fraction of sp³-hybridized carbons (Fsp3) is 0.467. The summed E-state index contributed by atoms with van der Waals surface area (Å²) < 4.78 is 0. The Labute approximate surface area is 110 Å². The van der Waals surface area contributed by atoms with Crippen LogP contribution in [-0.2, 0) is 0 Å². The van der Waals surface area contributed by atoms with Gasteiger partial charge >= 0.3 is 0 Å². The summed E-state index contributed by atoms with van der Waals surface area (Å²) in [5, 5.41) is 4.16. The first-order chi connectivity index (χ1) is 7.90. The maximum atomic E-state index is 6.13. The number of benzene rings is 1. The number of halogens is 1. The van der Waals surface area contributed by atoms with E-state index in [0.29, 0.717) is 6.54 Å². The van der Waals surface area contributed by atoms with E-state index in [2.05, 4.69) is 44.9 Å². The molecule has 0 saturated carbocycles. The zero-order valence-corrected chi connectivity index (χ0v) is 11.7. The minimum atomic E-state index is 0.0648. The van der Waals surface area contributed by atoms with E-state index in [4.69, 9.17) is 11.6 Å². The molecule has 1 nitrogen and oxygen atoms in total. The lowest BCUT2D eigenvalue weighted by molar-refractivity contribution is 0.568. The third-order valence-electron chi connectivity index (χ3n) is 2.33. The molecule has 0 aliphatic carbocycles. The van der Waals surface area contributed by atoms with Gasteiger partial charge in [0.25, 0.3) is 0 Å². The largest absolute Gasteiger partial charge is 0.300 e. The van der Waals surface area contributed by atoms with Gasteiger partial charge in [0.1, 0.15) is 0 Å². The van der Waals surface area contributed by atoms with E-state index in [1.165, 1.54) is 0 Å². The summed E-state index contributed by atoms with van der Waals surface area (Å²) in [5.41, 5.74) is 1.18. The van der Waals surface area contributed by atoms with Crippen LogP contribution in [-0.4, -0.2) is 6.54 Å². The average Bonchev–Trinajstić information content (AvgIpc) is 2.23. The van der Waals surface area contributed by atoms with Gasteiger partial charge in [-0.1, -0.05) is 41.6 Å². The summed E-state index contributed by atoms with van der Waals surface area (Å²) in [6.45, 7) is 9.11. The lowest BCUT2D eigenvalue weighted by atomic mass is 9.98. The van der Waals surface area contributed by atoms with Crippen molar-refractivity contribution in [3.8, 4) is 11.8 Å². The monoisotopic (exact) mass is 249 g/mol. The highest BCUT2D eigenvalue weighted by Crippen LogP contribution is 2.21. The number of nitrogens with one attached hydrogen (secondary N) is 1. The molecule has 1 aromatic rings. The van der Waals surface area contributed by atoms with E-state index in [0.717, 1.165) is 10.6 Å². The Balaban J connectivity index is 2.53. The normalized spacial score (nSPS) is 12.8. The number of hydrogen-bond acceptors (Lipinski definition) is 1. The lowest BCUT2D eigenvalue weighted by Gasteiger charge is -2.14. The summed E-state index contributed by atoms with van der Waals surface area (Å²) in [4.78, 5) is 0. The van der Waals surface area contributed by atoms with Crippen LogP contribution >= 0.6 is 11.6 Å². The van der Waals surface area contributed by atoms with Crippen LogP contribution in [0, 0.1) is 17.3 Å². The lowest BCUT2D eigenvalue weighted by Crippen LogP contribution is -2.19. The van der Waals surface area contributed by atoms with E-state index >= 15 is 0 Å². The van der Waals surface area contributed by atoms with Crippen molar-refractivity contribution >= 4 is 11.6 Å². The van der Waals surface area contributed by atoms with Crippen molar-refractivity contribution in [2.75, 3.05) is 6.54 Å². The molecule has 1 rings (SSSR count). The van der Waals surface area contributed by atoms with E-state index in [1.807, 2.05) is 24.3 Å². The highest BCUT2D eigenvalue weighted by Gasteiger charge is 2.07. The van der Waals surface area contributed by atoms with Gasteiger partial charge in [0.2, 0.25) is 0 Å². The Morgan fingerprint density at radius 1 is 1.29 bits per heavy atom. The van der Waals surface area contributed by atoms with Crippen molar-refractivity contribution in [3.05, 3.63) is 34.9 Å². The topological polar surface area (TPSA) is 12.0 Å². The van der Waals surface area contributed by atoms with Crippen LogP contribution in [0.2, 0.25) is 5.02 Å². The highest BCUT2D eigenvalue weighted by atomic mass is 35.5. The zero-order valence-electron chi connectivity index (χ0n) is 11.0. The van der Waals surface area contributed by atoms with Crippen molar-refractivity contribution < 1.29 is 0 Å². The molecule has 1 atom stereocenters. The van der Waals surface area contributed by atoms with Gasteiger partial charge in [-0.15, -0.1) is 0 Å². The predicted molar refractivity (Wildman–Crippen MR) is 75.1 cm³/mol. The van der Waals surface area contributed by atoms with Gasteiger partial charge < -0.3 is 0 Å². The highest BCUT2D eigenvalue weighted by molar-refractivity contribution is 6.31. The minimum absolute atomic E-state index is 0.0648. The molecule has 2 heteroatoms. The molecule has 1 N–H and O–H groups in total. The van der Waals surface area contributed by atoms with Gasteiger partial charge in [0.15, 0.2) is 0 Å². The van der Waals surface area contributed by atoms with Crippen LogP contribution < -0.4 is 5.32 Å². The summed E-state index contributed by atoms with van der Waals surface area (Å²) >= 11 is 6.13. The molecule has 0 saturated heterocycles. The smallest absolute Gasteiger partial charge is 0.0581 e. The first-order valence-corrected chi connectivity index (χ1v) is 6.26. The van der Waals surface area contributed by atoms with E-state index in [-0.39, 0.29) is 11.5 Å². The van der Waals surface area contributed by atoms with Crippen molar-refractivity contribution in [3.63, 3.8) is 0 Å². The quantitative estimate of drug-likeness (QED) is 0.798. The van der Waals surface area contributed by atoms with Gasteiger partial charge in [0.05, 0.1) is 6.54 Å². The summed E-state index contributed by atoms with van der Waals surface area (Å²) in [6, 6.07) is 8.11. The molecule has 0 radical (unpaired) electrons. The van der Waals surface area contributed by atoms with Crippen LogP contribution in [0.5, 0.6) is 0 Å². The summed E-state index contributed by atoms with van der Waals surface area (Å²) in [5.74, 6) is 6.34. The molecule has 0 unspecified atom stereocenters. The molecule has 17 heavy (non-hydrogen) atoms. The molecule has 0 heterocycles. The Kier molecular flexibility index (Phi) is 5.05. The first kappa shape index (κ1) is 14.1. The van der Waals surface area contributed by atoms with E-state index in [9.17, 15) is 0 Å². The summed E-state index contributed by atoms with van der Waals surface area (Å²) in [7, 11) is 0. The second-order valence-corrected chi connectivity index (χ2v) is 5.58. The maximum absolute atomic E-state index is 6.13. The third kappa shape index (κ3) is 5.26. The molecule has 0 amide bonds. The fourth-order valence-corrected chi connectivity index (χ4v) is 1.75. The van der Waals surface area contributed by atoms with Gasteiger partial charge in [-0.05, 0) is 39.3 Å². The van der Waals surface area contributed by atoms with Gasteiger partial charge in [0, 0.05) is 16.5 Å². The van der Waals surface area contributed by atoms with Crippen LogP contribution in [0.25, 0.3) is 0 Å². The van der Waals surface area contributed by atoms with Gasteiger partial charge in [-0.2, -0.15) is 0 Å². The van der Waals surface area contributed by atoms with Crippen molar-refractivity contribution in [1.29, 1.82) is 0 Å². The third-order valence-corrected chi connectivity index (χ3v) is 2.68.